The van der Waals surface area contributed by atoms with Gasteiger partial charge in [0.25, 0.3) is 5.91 Å². The van der Waals surface area contributed by atoms with Crippen molar-refractivity contribution in [3.63, 3.8) is 0 Å². The summed E-state index contributed by atoms with van der Waals surface area (Å²) in [7, 11) is 0. The van der Waals surface area contributed by atoms with E-state index in [1.54, 1.807) is 6.92 Å². The molecule has 1 fully saturated rings. The van der Waals surface area contributed by atoms with E-state index in [-0.39, 0.29) is 18.4 Å². The summed E-state index contributed by atoms with van der Waals surface area (Å²) in [5.74, 6) is -0.635. The second kappa shape index (κ2) is 5.87. The topological polar surface area (TPSA) is 61.4 Å². The van der Waals surface area contributed by atoms with Crippen LogP contribution in [0.25, 0.3) is 0 Å². The number of rotatable bonds is 3. The Morgan fingerprint density at radius 3 is 2.65 bits per heavy atom. The summed E-state index contributed by atoms with van der Waals surface area (Å²) in [6, 6.07) is 8.06. The average Bonchev–Trinajstić information content (AvgIpc) is 3.05. The van der Waals surface area contributed by atoms with Gasteiger partial charge in [-0.2, -0.15) is 0 Å². The number of hydrogen-bond acceptors (Lipinski definition) is 3. The SMILES string of the molecule is CC1(C(=O)NNC(=O)CN2CCCc3ccccc32)CC1(Cl)Cl. The Hall–Kier alpha value is -1.46. The number of benzene rings is 1. The Kier molecular flexibility index (Phi) is 4.19. The lowest BCUT2D eigenvalue weighted by atomic mass is 10.0. The molecule has 0 bridgehead atoms. The van der Waals surface area contributed by atoms with Crippen LogP contribution in [0.15, 0.2) is 24.3 Å². The molecule has 1 aromatic rings. The highest BCUT2D eigenvalue weighted by Gasteiger charge is 2.68. The first-order chi connectivity index (χ1) is 10.8. The second-order valence-corrected chi connectivity index (χ2v) is 7.85. The van der Waals surface area contributed by atoms with E-state index in [4.69, 9.17) is 23.2 Å². The second-order valence-electron chi connectivity index (χ2n) is 6.37. The van der Waals surface area contributed by atoms with E-state index in [0.717, 1.165) is 25.1 Å². The maximum atomic E-state index is 12.1. The first-order valence-electron chi connectivity index (χ1n) is 7.63. The normalized spacial score (nSPS) is 24.6. The van der Waals surface area contributed by atoms with Gasteiger partial charge in [-0.3, -0.25) is 20.4 Å². The molecule has 0 aromatic heterocycles. The van der Waals surface area contributed by atoms with Crippen LogP contribution in [0.1, 0.15) is 25.3 Å². The molecular formula is C16H19Cl2N3O2. The maximum absolute atomic E-state index is 12.1. The zero-order valence-corrected chi connectivity index (χ0v) is 14.4. The van der Waals surface area contributed by atoms with Crippen molar-refractivity contribution in [2.75, 3.05) is 18.0 Å². The number of aryl methyl sites for hydroxylation is 1. The number of nitrogens with zero attached hydrogens (tertiary/aromatic N) is 1. The van der Waals surface area contributed by atoms with Gasteiger partial charge in [0, 0.05) is 12.2 Å². The van der Waals surface area contributed by atoms with Crippen LogP contribution >= 0.6 is 23.2 Å². The molecule has 0 radical (unpaired) electrons. The number of hydrogen-bond donors (Lipinski definition) is 2. The first kappa shape index (κ1) is 16.4. The lowest BCUT2D eigenvalue weighted by molar-refractivity contribution is -0.131. The molecule has 124 valence electrons. The van der Waals surface area contributed by atoms with E-state index < -0.39 is 9.75 Å². The zero-order chi connectivity index (χ0) is 16.7. The van der Waals surface area contributed by atoms with Crippen LogP contribution in [0.5, 0.6) is 0 Å². The third kappa shape index (κ3) is 3.12. The van der Waals surface area contributed by atoms with Crippen LogP contribution < -0.4 is 15.8 Å². The van der Waals surface area contributed by atoms with Crippen LogP contribution in [0.2, 0.25) is 0 Å². The molecule has 1 aliphatic carbocycles. The Morgan fingerprint density at radius 1 is 1.26 bits per heavy atom. The molecule has 1 aliphatic heterocycles. The van der Waals surface area contributed by atoms with Gasteiger partial charge in [-0.25, -0.2) is 0 Å². The summed E-state index contributed by atoms with van der Waals surface area (Å²) in [6.07, 6.45) is 2.41. The first-order valence-corrected chi connectivity index (χ1v) is 8.39. The molecule has 0 spiro atoms. The van der Waals surface area contributed by atoms with E-state index >= 15 is 0 Å². The average molecular weight is 356 g/mol. The Morgan fingerprint density at radius 2 is 1.96 bits per heavy atom. The minimum atomic E-state index is -1.05. The quantitative estimate of drug-likeness (QED) is 0.645. The largest absolute Gasteiger partial charge is 0.362 e. The van der Waals surface area contributed by atoms with E-state index in [0.29, 0.717) is 6.42 Å². The fraction of sp³-hybridized carbons (Fsp3) is 0.500. The van der Waals surface area contributed by atoms with Crippen molar-refractivity contribution < 1.29 is 9.59 Å². The van der Waals surface area contributed by atoms with E-state index in [2.05, 4.69) is 16.9 Å². The fourth-order valence-electron chi connectivity index (χ4n) is 2.90. The number of carbonyl (C=O) groups is 2. The fourth-order valence-corrected chi connectivity index (χ4v) is 3.61. The predicted molar refractivity (Wildman–Crippen MR) is 90.4 cm³/mol. The number of para-hydroxylation sites is 1. The summed E-state index contributed by atoms with van der Waals surface area (Å²) in [5.41, 5.74) is 6.35. The van der Waals surface area contributed by atoms with Gasteiger partial charge in [-0.05, 0) is 37.8 Å². The van der Waals surface area contributed by atoms with Crippen molar-refractivity contribution in [2.45, 2.75) is 30.5 Å². The van der Waals surface area contributed by atoms with Gasteiger partial charge in [0.1, 0.15) is 4.33 Å². The molecule has 0 saturated heterocycles. The number of anilines is 1. The Balaban J connectivity index is 1.54. The molecule has 2 amide bonds. The zero-order valence-electron chi connectivity index (χ0n) is 12.9. The van der Waals surface area contributed by atoms with Gasteiger partial charge < -0.3 is 4.90 Å². The van der Waals surface area contributed by atoms with E-state index in [1.807, 2.05) is 23.1 Å². The molecule has 1 heterocycles. The number of amides is 2. The third-order valence-electron chi connectivity index (χ3n) is 4.62. The summed E-state index contributed by atoms with van der Waals surface area (Å²) >= 11 is 11.9. The molecular weight excluding hydrogens is 337 g/mol. The van der Waals surface area contributed by atoms with Crippen molar-refractivity contribution in [2.24, 2.45) is 5.41 Å². The molecule has 1 atom stereocenters. The Bertz CT molecular complexity index is 650. The van der Waals surface area contributed by atoms with Crippen molar-refractivity contribution >= 4 is 40.7 Å². The number of carbonyl (C=O) groups excluding carboxylic acids is 2. The lowest BCUT2D eigenvalue weighted by Gasteiger charge is -2.30. The lowest BCUT2D eigenvalue weighted by Crippen LogP contribution is -2.49. The number of fused-ring (bicyclic) bond motifs is 1. The van der Waals surface area contributed by atoms with Gasteiger partial charge in [-0.15, -0.1) is 23.2 Å². The predicted octanol–water partition coefficient (Wildman–Crippen LogP) is 2.17. The molecule has 3 rings (SSSR count). The number of nitrogens with one attached hydrogen (secondary N) is 2. The summed E-state index contributed by atoms with van der Waals surface area (Å²) in [6.45, 7) is 2.69. The number of hydrazine groups is 1. The minimum Gasteiger partial charge on any atom is -0.362 e. The summed E-state index contributed by atoms with van der Waals surface area (Å²) in [5, 5.41) is 0. The molecule has 7 heteroatoms. The highest BCUT2D eigenvalue weighted by molar-refractivity contribution is 6.53. The van der Waals surface area contributed by atoms with Crippen molar-refractivity contribution in [1.29, 1.82) is 0 Å². The van der Waals surface area contributed by atoms with Crippen LogP contribution in [0.3, 0.4) is 0 Å². The monoisotopic (exact) mass is 355 g/mol. The van der Waals surface area contributed by atoms with Gasteiger partial charge in [0.05, 0.1) is 12.0 Å². The van der Waals surface area contributed by atoms with Crippen LogP contribution in [0, 0.1) is 5.41 Å². The summed E-state index contributed by atoms with van der Waals surface area (Å²) < 4.78 is -1.05. The standard InChI is InChI=1S/C16H19Cl2N3O2/c1-15(10-16(15,17)18)14(23)20-19-13(22)9-21-8-4-6-11-5-2-3-7-12(11)21/h2-3,5,7H,4,6,8-10H2,1H3,(H,19,22)(H,20,23). The molecule has 1 saturated carbocycles. The molecule has 1 unspecified atom stereocenters. The Labute approximate surface area is 145 Å². The summed E-state index contributed by atoms with van der Waals surface area (Å²) in [4.78, 5) is 26.2. The molecule has 5 nitrogen and oxygen atoms in total. The maximum Gasteiger partial charge on any atom is 0.257 e. The minimum absolute atomic E-state index is 0.195. The number of alkyl halides is 2. The van der Waals surface area contributed by atoms with Crippen molar-refractivity contribution in [3.8, 4) is 0 Å². The molecule has 2 aliphatic rings. The van der Waals surface area contributed by atoms with E-state index in [1.165, 1.54) is 5.56 Å². The van der Waals surface area contributed by atoms with Crippen LogP contribution in [-0.4, -0.2) is 29.2 Å². The van der Waals surface area contributed by atoms with Gasteiger partial charge in [0.15, 0.2) is 0 Å². The van der Waals surface area contributed by atoms with Gasteiger partial charge >= 0.3 is 0 Å². The molecule has 2 N–H and O–H groups in total. The molecule has 1 aromatic carbocycles. The smallest absolute Gasteiger partial charge is 0.257 e. The molecule has 23 heavy (non-hydrogen) atoms. The van der Waals surface area contributed by atoms with Crippen molar-refractivity contribution in [3.05, 3.63) is 29.8 Å². The highest BCUT2D eigenvalue weighted by Crippen LogP contribution is 2.63. The van der Waals surface area contributed by atoms with E-state index in [9.17, 15) is 9.59 Å². The van der Waals surface area contributed by atoms with Crippen LogP contribution in [0.4, 0.5) is 5.69 Å². The number of halogens is 2. The van der Waals surface area contributed by atoms with Gasteiger partial charge in [0.2, 0.25) is 5.91 Å². The van der Waals surface area contributed by atoms with Crippen molar-refractivity contribution in [1.82, 2.24) is 10.9 Å². The highest BCUT2D eigenvalue weighted by atomic mass is 35.5. The third-order valence-corrected chi connectivity index (χ3v) is 5.72. The van der Waals surface area contributed by atoms with Crippen LogP contribution in [-0.2, 0) is 16.0 Å². The van der Waals surface area contributed by atoms with Gasteiger partial charge in [-0.1, -0.05) is 18.2 Å².